The predicted octanol–water partition coefficient (Wildman–Crippen LogP) is 2.84. The molecule has 31 heavy (non-hydrogen) atoms. The van der Waals surface area contributed by atoms with E-state index in [1.807, 2.05) is 30.3 Å². The van der Waals surface area contributed by atoms with Gasteiger partial charge in [-0.3, -0.25) is 9.69 Å². The molecule has 0 bridgehead atoms. The standard InChI is InChI=1S/C22H24N4O4S/c23-31(28,29)19-8-6-18(7-9-19)25-22(27)17-10-12-26(13-11-17)15-21-24-14-20(30-21)16-4-2-1-3-5-16/h1-9,14,17H,10-13,15H2,(H,25,27)(H2,23,28,29). The average Bonchev–Trinajstić information content (AvgIpc) is 3.23. The molecular weight excluding hydrogens is 416 g/mol. The van der Waals surface area contributed by atoms with Gasteiger partial charge >= 0.3 is 0 Å². The van der Waals surface area contributed by atoms with E-state index in [0.717, 1.165) is 37.3 Å². The number of nitrogens with one attached hydrogen (secondary N) is 1. The zero-order valence-electron chi connectivity index (χ0n) is 16.9. The second kappa shape index (κ2) is 9.01. The van der Waals surface area contributed by atoms with Gasteiger partial charge in [0.15, 0.2) is 5.76 Å². The molecular formula is C22H24N4O4S. The number of carbonyl (C=O) groups is 1. The molecule has 1 aliphatic heterocycles. The third kappa shape index (κ3) is 5.38. The van der Waals surface area contributed by atoms with E-state index in [1.165, 1.54) is 12.1 Å². The summed E-state index contributed by atoms with van der Waals surface area (Å²) < 4.78 is 28.5. The average molecular weight is 441 g/mol. The summed E-state index contributed by atoms with van der Waals surface area (Å²) in [7, 11) is -3.75. The van der Waals surface area contributed by atoms with E-state index in [0.29, 0.717) is 18.1 Å². The lowest BCUT2D eigenvalue weighted by molar-refractivity contribution is -0.121. The van der Waals surface area contributed by atoms with Crippen molar-refractivity contribution >= 4 is 21.6 Å². The van der Waals surface area contributed by atoms with Crippen LogP contribution in [-0.2, 0) is 21.4 Å². The Labute approximate surface area is 181 Å². The molecule has 9 heteroatoms. The quantitative estimate of drug-likeness (QED) is 0.608. The van der Waals surface area contributed by atoms with Gasteiger partial charge < -0.3 is 9.73 Å². The number of likely N-dealkylation sites (tertiary alicyclic amines) is 1. The highest BCUT2D eigenvalue weighted by Crippen LogP contribution is 2.24. The van der Waals surface area contributed by atoms with E-state index >= 15 is 0 Å². The molecule has 0 saturated carbocycles. The number of aromatic nitrogens is 1. The van der Waals surface area contributed by atoms with Crippen LogP contribution in [0.3, 0.4) is 0 Å². The van der Waals surface area contributed by atoms with Gasteiger partial charge in [0.1, 0.15) is 0 Å². The van der Waals surface area contributed by atoms with E-state index in [9.17, 15) is 13.2 Å². The highest BCUT2D eigenvalue weighted by Gasteiger charge is 2.26. The Morgan fingerprint density at radius 1 is 1.10 bits per heavy atom. The SMILES string of the molecule is NS(=O)(=O)c1ccc(NC(=O)C2CCN(Cc3ncc(-c4ccccc4)o3)CC2)cc1. The third-order valence-electron chi connectivity index (χ3n) is 5.38. The van der Waals surface area contributed by atoms with Gasteiger partial charge in [-0.15, -0.1) is 0 Å². The van der Waals surface area contributed by atoms with Crippen molar-refractivity contribution < 1.29 is 17.6 Å². The first-order valence-electron chi connectivity index (χ1n) is 10.0. The van der Waals surface area contributed by atoms with E-state index in [1.54, 1.807) is 18.3 Å². The molecule has 1 aromatic heterocycles. The molecule has 3 N–H and O–H groups in total. The smallest absolute Gasteiger partial charge is 0.238 e. The Bertz CT molecular complexity index is 1140. The van der Waals surface area contributed by atoms with Crippen molar-refractivity contribution in [1.82, 2.24) is 9.88 Å². The summed E-state index contributed by atoms with van der Waals surface area (Å²) in [4.78, 5) is 19.2. The largest absolute Gasteiger partial charge is 0.439 e. The van der Waals surface area contributed by atoms with Gasteiger partial charge in [0, 0.05) is 17.2 Å². The van der Waals surface area contributed by atoms with Gasteiger partial charge in [-0.05, 0) is 50.2 Å². The summed E-state index contributed by atoms with van der Waals surface area (Å²) >= 11 is 0. The van der Waals surface area contributed by atoms with Crippen molar-refractivity contribution in [2.45, 2.75) is 24.3 Å². The number of amides is 1. The van der Waals surface area contributed by atoms with Gasteiger partial charge in [0.05, 0.1) is 17.6 Å². The maximum Gasteiger partial charge on any atom is 0.238 e. The Kier molecular flexibility index (Phi) is 6.17. The van der Waals surface area contributed by atoms with Crippen LogP contribution in [-0.4, -0.2) is 37.3 Å². The molecule has 0 radical (unpaired) electrons. The van der Waals surface area contributed by atoms with Gasteiger partial charge in [0.2, 0.25) is 21.8 Å². The fourth-order valence-electron chi connectivity index (χ4n) is 3.64. The summed E-state index contributed by atoms with van der Waals surface area (Å²) in [6.45, 7) is 2.15. The number of nitrogens with two attached hydrogens (primary N) is 1. The molecule has 2 heterocycles. The first-order chi connectivity index (χ1) is 14.9. The summed E-state index contributed by atoms with van der Waals surface area (Å²) in [6, 6.07) is 15.7. The minimum absolute atomic E-state index is 0.0146. The maximum atomic E-state index is 12.6. The molecule has 162 valence electrons. The second-order valence-electron chi connectivity index (χ2n) is 7.59. The number of carbonyl (C=O) groups excluding carboxylic acids is 1. The molecule has 1 fully saturated rings. The van der Waals surface area contributed by atoms with Crippen molar-refractivity contribution in [3.63, 3.8) is 0 Å². The Morgan fingerprint density at radius 2 is 1.77 bits per heavy atom. The lowest BCUT2D eigenvalue weighted by atomic mass is 9.96. The molecule has 3 aromatic rings. The minimum atomic E-state index is -3.75. The number of anilines is 1. The Morgan fingerprint density at radius 3 is 2.42 bits per heavy atom. The minimum Gasteiger partial charge on any atom is -0.439 e. The lowest BCUT2D eigenvalue weighted by Gasteiger charge is -2.30. The van der Waals surface area contributed by atoms with Crippen LogP contribution in [0.4, 0.5) is 5.69 Å². The van der Waals surface area contributed by atoms with Gasteiger partial charge in [-0.25, -0.2) is 18.5 Å². The molecule has 0 aliphatic carbocycles. The highest BCUT2D eigenvalue weighted by molar-refractivity contribution is 7.89. The van der Waals surface area contributed by atoms with Crippen LogP contribution in [0.25, 0.3) is 11.3 Å². The highest BCUT2D eigenvalue weighted by atomic mass is 32.2. The van der Waals surface area contributed by atoms with Crippen LogP contribution in [0.1, 0.15) is 18.7 Å². The summed E-state index contributed by atoms with van der Waals surface area (Å²) in [5.74, 6) is 1.25. The number of hydrogen-bond donors (Lipinski definition) is 2. The first kappa shape index (κ1) is 21.2. The second-order valence-corrected chi connectivity index (χ2v) is 9.15. The molecule has 0 atom stereocenters. The van der Waals surface area contributed by atoms with E-state index < -0.39 is 10.0 Å². The monoisotopic (exact) mass is 440 g/mol. The van der Waals surface area contributed by atoms with Crippen molar-refractivity contribution in [3.05, 3.63) is 66.7 Å². The molecule has 0 spiro atoms. The summed E-state index contributed by atoms with van der Waals surface area (Å²) in [6.07, 6.45) is 3.20. The normalized spacial score (nSPS) is 15.6. The van der Waals surface area contributed by atoms with Crippen molar-refractivity contribution in [3.8, 4) is 11.3 Å². The Balaban J connectivity index is 1.28. The van der Waals surface area contributed by atoms with Crippen LogP contribution in [0, 0.1) is 5.92 Å². The molecule has 8 nitrogen and oxygen atoms in total. The van der Waals surface area contributed by atoms with Crippen LogP contribution in [0.2, 0.25) is 0 Å². The van der Waals surface area contributed by atoms with Crippen LogP contribution in [0.5, 0.6) is 0 Å². The number of primary sulfonamides is 1. The van der Waals surface area contributed by atoms with Crippen molar-refractivity contribution in [1.29, 1.82) is 0 Å². The lowest BCUT2D eigenvalue weighted by Crippen LogP contribution is -2.37. The maximum absolute atomic E-state index is 12.6. The zero-order chi connectivity index (χ0) is 21.8. The van der Waals surface area contributed by atoms with Crippen molar-refractivity contribution in [2.24, 2.45) is 11.1 Å². The van der Waals surface area contributed by atoms with Gasteiger partial charge in [-0.1, -0.05) is 30.3 Å². The number of piperidine rings is 1. The van der Waals surface area contributed by atoms with Crippen molar-refractivity contribution in [2.75, 3.05) is 18.4 Å². The van der Waals surface area contributed by atoms with Crippen LogP contribution < -0.4 is 10.5 Å². The fraction of sp³-hybridized carbons (Fsp3) is 0.273. The summed E-state index contributed by atoms with van der Waals surface area (Å²) in [5.41, 5.74) is 1.54. The summed E-state index contributed by atoms with van der Waals surface area (Å²) in [5, 5.41) is 7.95. The molecule has 4 rings (SSSR count). The number of benzene rings is 2. The zero-order valence-corrected chi connectivity index (χ0v) is 17.7. The number of hydrogen-bond acceptors (Lipinski definition) is 6. The topological polar surface area (TPSA) is 119 Å². The molecule has 0 unspecified atom stereocenters. The first-order valence-corrected chi connectivity index (χ1v) is 11.6. The third-order valence-corrected chi connectivity index (χ3v) is 6.31. The number of rotatable bonds is 6. The number of sulfonamides is 1. The van der Waals surface area contributed by atoms with E-state index in [4.69, 9.17) is 9.56 Å². The fourth-order valence-corrected chi connectivity index (χ4v) is 4.15. The van der Waals surface area contributed by atoms with Gasteiger partial charge in [0.25, 0.3) is 0 Å². The number of oxazole rings is 1. The van der Waals surface area contributed by atoms with Crippen LogP contribution >= 0.6 is 0 Å². The predicted molar refractivity (Wildman–Crippen MR) is 116 cm³/mol. The molecule has 1 aliphatic rings. The molecule has 2 aromatic carbocycles. The number of nitrogens with zero attached hydrogens (tertiary/aromatic N) is 2. The van der Waals surface area contributed by atoms with Gasteiger partial charge in [-0.2, -0.15) is 0 Å². The Hall–Kier alpha value is -3.01. The van der Waals surface area contributed by atoms with Crippen LogP contribution in [0.15, 0.2) is 70.1 Å². The molecule has 1 amide bonds. The molecule has 1 saturated heterocycles. The van der Waals surface area contributed by atoms with E-state index in [-0.39, 0.29) is 16.7 Å². The van der Waals surface area contributed by atoms with E-state index in [2.05, 4.69) is 15.2 Å².